The van der Waals surface area contributed by atoms with Crippen molar-refractivity contribution in [1.82, 2.24) is 20.2 Å². The monoisotopic (exact) mass is 254 g/mol. The van der Waals surface area contributed by atoms with Crippen LogP contribution in [0.1, 0.15) is 36.6 Å². The quantitative estimate of drug-likeness (QED) is 0.732. The third-order valence-electron chi connectivity index (χ3n) is 3.56. The van der Waals surface area contributed by atoms with Gasteiger partial charge in [0, 0.05) is 5.69 Å². The number of aromatic amines is 2. The van der Waals surface area contributed by atoms with Crippen molar-refractivity contribution in [2.45, 2.75) is 33.6 Å². The maximum Gasteiger partial charge on any atom is 0.159 e. The van der Waals surface area contributed by atoms with Gasteiger partial charge in [0.05, 0.1) is 11.0 Å². The molecule has 0 atom stereocenters. The van der Waals surface area contributed by atoms with Gasteiger partial charge in [-0.1, -0.05) is 13.8 Å². The van der Waals surface area contributed by atoms with Crippen LogP contribution in [0.4, 0.5) is 0 Å². The Morgan fingerprint density at radius 2 is 1.79 bits per heavy atom. The minimum Gasteiger partial charge on any atom is -0.337 e. The molecule has 1 aromatic carbocycles. The van der Waals surface area contributed by atoms with E-state index in [1.165, 1.54) is 11.1 Å². The highest BCUT2D eigenvalue weighted by Crippen LogP contribution is 2.23. The molecule has 98 valence electrons. The number of nitrogens with zero attached hydrogens (tertiary/aromatic N) is 2. The summed E-state index contributed by atoms with van der Waals surface area (Å²) in [5.74, 6) is 1.26. The third kappa shape index (κ3) is 2.03. The van der Waals surface area contributed by atoms with Crippen LogP contribution in [-0.4, -0.2) is 20.2 Å². The van der Waals surface area contributed by atoms with Gasteiger partial charge in [-0.3, -0.25) is 5.10 Å². The van der Waals surface area contributed by atoms with E-state index < -0.39 is 0 Å². The van der Waals surface area contributed by atoms with Crippen LogP contribution in [0.5, 0.6) is 0 Å². The normalized spacial score (nSPS) is 11.6. The number of imidazole rings is 1. The molecule has 3 aromatic rings. The number of aryl methyl sites for hydroxylation is 2. The molecule has 0 spiro atoms. The van der Waals surface area contributed by atoms with Crippen LogP contribution in [0.2, 0.25) is 0 Å². The van der Waals surface area contributed by atoms with Crippen molar-refractivity contribution in [1.29, 1.82) is 0 Å². The van der Waals surface area contributed by atoms with Crippen LogP contribution in [0.3, 0.4) is 0 Å². The smallest absolute Gasteiger partial charge is 0.159 e. The SMILES string of the molecule is Cc1cc2nc(-c3cc(C(C)C)[nH]n3)[nH]c2cc1C. The zero-order valence-electron chi connectivity index (χ0n) is 11.7. The summed E-state index contributed by atoms with van der Waals surface area (Å²) in [6, 6.07) is 6.31. The molecule has 2 heterocycles. The number of hydrogen-bond donors (Lipinski definition) is 2. The van der Waals surface area contributed by atoms with E-state index in [9.17, 15) is 0 Å². The molecule has 0 radical (unpaired) electrons. The van der Waals surface area contributed by atoms with E-state index >= 15 is 0 Å². The molecular weight excluding hydrogens is 236 g/mol. The first-order chi connectivity index (χ1) is 9.04. The molecule has 0 bridgehead atoms. The fourth-order valence-corrected chi connectivity index (χ4v) is 2.14. The Bertz CT molecular complexity index is 695. The van der Waals surface area contributed by atoms with Crippen LogP contribution < -0.4 is 0 Å². The van der Waals surface area contributed by atoms with Crippen molar-refractivity contribution >= 4 is 11.0 Å². The number of rotatable bonds is 2. The van der Waals surface area contributed by atoms with Gasteiger partial charge in [0.25, 0.3) is 0 Å². The first-order valence-corrected chi connectivity index (χ1v) is 6.57. The molecule has 3 rings (SSSR count). The lowest BCUT2D eigenvalue weighted by molar-refractivity contribution is 0.810. The maximum absolute atomic E-state index is 4.62. The van der Waals surface area contributed by atoms with Crippen molar-refractivity contribution in [2.24, 2.45) is 0 Å². The minimum atomic E-state index is 0.440. The summed E-state index contributed by atoms with van der Waals surface area (Å²) >= 11 is 0. The van der Waals surface area contributed by atoms with E-state index in [4.69, 9.17) is 0 Å². The van der Waals surface area contributed by atoms with Gasteiger partial charge >= 0.3 is 0 Å². The van der Waals surface area contributed by atoms with Gasteiger partial charge in [0.2, 0.25) is 0 Å². The number of hydrogen-bond acceptors (Lipinski definition) is 2. The highest BCUT2D eigenvalue weighted by Gasteiger charge is 2.11. The lowest BCUT2D eigenvalue weighted by Gasteiger charge is -1.97. The van der Waals surface area contributed by atoms with E-state index in [0.29, 0.717) is 5.92 Å². The van der Waals surface area contributed by atoms with Crippen LogP contribution in [0, 0.1) is 13.8 Å². The number of nitrogens with one attached hydrogen (secondary N) is 2. The van der Waals surface area contributed by atoms with Crippen LogP contribution >= 0.6 is 0 Å². The first-order valence-electron chi connectivity index (χ1n) is 6.57. The van der Waals surface area contributed by atoms with Crippen molar-refractivity contribution in [3.8, 4) is 11.5 Å². The van der Waals surface area contributed by atoms with Crippen molar-refractivity contribution in [3.05, 3.63) is 35.0 Å². The van der Waals surface area contributed by atoms with Gasteiger partial charge in [-0.25, -0.2) is 4.98 Å². The Morgan fingerprint density at radius 3 is 2.47 bits per heavy atom. The summed E-state index contributed by atoms with van der Waals surface area (Å²) in [7, 11) is 0. The molecule has 4 heteroatoms. The van der Waals surface area contributed by atoms with E-state index in [-0.39, 0.29) is 0 Å². The molecule has 4 nitrogen and oxygen atoms in total. The predicted molar refractivity (Wildman–Crippen MR) is 77.2 cm³/mol. The largest absolute Gasteiger partial charge is 0.337 e. The number of fused-ring (bicyclic) bond motifs is 1. The second-order valence-electron chi connectivity index (χ2n) is 5.40. The van der Waals surface area contributed by atoms with Gasteiger partial charge in [0.15, 0.2) is 5.82 Å². The third-order valence-corrected chi connectivity index (χ3v) is 3.56. The summed E-state index contributed by atoms with van der Waals surface area (Å²) in [6.07, 6.45) is 0. The predicted octanol–water partition coefficient (Wildman–Crippen LogP) is 3.69. The molecule has 0 saturated carbocycles. The summed E-state index contributed by atoms with van der Waals surface area (Å²) in [5, 5.41) is 7.39. The molecule has 2 N–H and O–H groups in total. The molecule has 0 saturated heterocycles. The lowest BCUT2D eigenvalue weighted by atomic mass is 10.1. The zero-order valence-corrected chi connectivity index (χ0v) is 11.7. The number of H-pyrrole nitrogens is 2. The van der Waals surface area contributed by atoms with E-state index in [2.05, 4.69) is 66.1 Å². The Labute approximate surface area is 112 Å². The number of aromatic nitrogens is 4. The van der Waals surface area contributed by atoms with Crippen LogP contribution in [0.25, 0.3) is 22.6 Å². The summed E-state index contributed by atoms with van der Waals surface area (Å²) in [4.78, 5) is 7.96. The van der Waals surface area contributed by atoms with E-state index in [1.807, 2.05) is 0 Å². The van der Waals surface area contributed by atoms with Gasteiger partial charge < -0.3 is 4.98 Å². The van der Waals surface area contributed by atoms with E-state index in [0.717, 1.165) is 28.2 Å². The van der Waals surface area contributed by atoms with Crippen LogP contribution in [0.15, 0.2) is 18.2 Å². The minimum absolute atomic E-state index is 0.440. The fraction of sp³-hybridized carbons (Fsp3) is 0.333. The molecule has 0 unspecified atom stereocenters. The first kappa shape index (κ1) is 12.0. The second kappa shape index (κ2) is 4.23. The lowest BCUT2D eigenvalue weighted by Crippen LogP contribution is -1.85. The molecule has 0 fully saturated rings. The topological polar surface area (TPSA) is 57.4 Å². The van der Waals surface area contributed by atoms with Gasteiger partial charge in [-0.15, -0.1) is 0 Å². The summed E-state index contributed by atoms with van der Waals surface area (Å²) < 4.78 is 0. The van der Waals surface area contributed by atoms with Crippen molar-refractivity contribution in [3.63, 3.8) is 0 Å². The van der Waals surface area contributed by atoms with E-state index in [1.54, 1.807) is 0 Å². The molecule has 2 aromatic heterocycles. The molecule has 19 heavy (non-hydrogen) atoms. The van der Waals surface area contributed by atoms with Gasteiger partial charge in [0.1, 0.15) is 5.69 Å². The Hall–Kier alpha value is -2.10. The summed E-state index contributed by atoms with van der Waals surface area (Å²) in [5.41, 5.74) is 6.58. The Balaban J connectivity index is 2.09. The van der Waals surface area contributed by atoms with Gasteiger partial charge in [-0.05, 0) is 49.1 Å². The molecule has 0 aliphatic heterocycles. The standard InChI is InChI=1S/C15H18N4/c1-8(2)11-7-14(19-18-11)15-16-12-5-9(3)10(4)6-13(12)17-15/h5-8H,1-4H3,(H,16,17)(H,18,19). The number of benzene rings is 1. The summed E-state index contributed by atoms with van der Waals surface area (Å²) in [6.45, 7) is 8.50. The van der Waals surface area contributed by atoms with Gasteiger partial charge in [-0.2, -0.15) is 5.10 Å². The van der Waals surface area contributed by atoms with Crippen molar-refractivity contribution < 1.29 is 0 Å². The Kier molecular flexibility index (Phi) is 2.66. The average molecular weight is 254 g/mol. The molecule has 0 amide bonds. The fourth-order valence-electron chi connectivity index (χ4n) is 2.14. The molecule has 0 aliphatic carbocycles. The van der Waals surface area contributed by atoms with Crippen LogP contribution in [-0.2, 0) is 0 Å². The molecular formula is C15H18N4. The second-order valence-corrected chi connectivity index (χ2v) is 5.40. The highest BCUT2D eigenvalue weighted by molar-refractivity contribution is 5.80. The van der Waals surface area contributed by atoms with Crippen molar-refractivity contribution in [2.75, 3.05) is 0 Å². The maximum atomic E-state index is 4.62. The highest BCUT2D eigenvalue weighted by atomic mass is 15.1. The molecule has 0 aliphatic rings. The average Bonchev–Trinajstić information content (AvgIpc) is 2.95. The zero-order chi connectivity index (χ0) is 13.6. The Morgan fingerprint density at radius 1 is 1.05 bits per heavy atom.